The van der Waals surface area contributed by atoms with E-state index in [9.17, 15) is 14.4 Å². The molecule has 0 aromatic heterocycles. The average molecular weight is 258 g/mol. The Morgan fingerprint density at radius 2 is 1.78 bits per heavy atom. The summed E-state index contributed by atoms with van der Waals surface area (Å²) in [6.07, 6.45) is 2.04. The van der Waals surface area contributed by atoms with Crippen LogP contribution in [0, 0.1) is 5.41 Å². The zero-order valence-electron chi connectivity index (χ0n) is 10.3. The zero-order valence-corrected chi connectivity index (χ0v) is 10.3. The highest BCUT2D eigenvalue weighted by atomic mass is 16.4. The lowest BCUT2D eigenvalue weighted by atomic mass is 9.83. The van der Waals surface area contributed by atoms with Gasteiger partial charge in [-0.3, -0.25) is 14.4 Å². The molecular formula is C11H18N2O5. The molecule has 2 atom stereocenters. The van der Waals surface area contributed by atoms with E-state index in [1.807, 2.05) is 0 Å². The number of carbonyl (C=O) groups excluding carboxylic acids is 1. The number of carbonyl (C=O) groups is 3. The fourth-order valence-electron chi connectivity index (χ4n) is 2.35. The first kappa shape index (κ1) is 14.4. The van der Waals surface area contributed by atoms with Crippen LogP contribution in [0.5, 0.6) is 0 Å². The number of nitrogens with zero attached hydrogens (tertiary/aromatic N) is 1. The Morgan fingerprint density at radius 3 is 2.11 bits per heavy atom. The summed E-state index contributed by atoms with van der Waals surface area (Å²) < 4.78 is 0. The molecule has 1 rings (SSSR count). The van der Waals surface area contributed by atoms with Crippen LogP contribution in [0.15, 0.2) is 0 Å². The molecule has 0 aliphatic heterocycles. The fraction of sp³-hybridized carbons (Fsp3) is 0.727. The summed E-state index contributed by atoms with van der Waals surface area (Å²) in [5.41, 5.74) is 5.01. The second-order valence-electron chi connectivity index (χ2n) is 4.86. The van der Waals surface area contributed by atoms with Gasteiger partial charge in [-0.15, -0.1) is 0 Å². The van der Waals surface area contributed by atoms with Gasteiger partial charge in [-0.05, 0) is 19.8 Å². The van der Waals surface area contributed by atoms with E-state index < -0.39 is 36.4 Å². The van der Waals surface area contributed by atoms with Crippen LogP contribution in [-0.2, 0) is 14.4 Å². The highest BCUT2D eigenvalue weighted by Crippen LogP contribution is 2.38. The molecule has 0 aromatic rings. The number of hydrogen-bond donors (Lipinski definition) is 3. The second-order valence-corrected chi connectivity index (χ2v) is 4.86. The third-order valence-corrected chi connectivity index (χ3v) is 3.46. The normalized spacial score (nSPS) is 26.9. The molecular weight excluding hydrogens is 240 g/mol. The number of amides is 1. The summed E-state index contributed by atoms with van der Waals surface area (Å²) in [7, 11) is 0. The van der Waals surface area contributed by atoms with E-state index in [0.29, 0.717) is 12.8 Å². The lowest BCUT2D eigenvalue weighted by Gasteiger charge is -2.32. The summed E-state index contributed by atoms with van der Waals surface area (Å²) in [5, 5.41) is 17.4. The molecule has 1 aliphatic carbocycles. The Balaban J connectivity index is 2.87. The average Bonchev–Trinajstić information content (AvgIpc) is 2.57. The first-order valence-electron chi connectivity index (χ1n) is 5.76. The molecule has 102 valence electrons. The van der Waals surface area contributed by atoms with E-state index >= 15 is 0 Å². The maximum absolute atomic E-state index is 12.3. The minimum absolute atomic E-state index is 0.352. The van der Waals surface area contributed by atoms with Crippen LogP contribution in [0.4, 0.5) is 0 Å². The van der Waals surface area contributed by atoms with Gasteiger partial charge in [0.15, 0.2) is 0 Å². The first-order chi connectivity index (χ1) is 8.27. The fourth-order valence-corrected chi connectivity index (χ4v) is 2.35. The van der Waals surface area contributed by atoms with Crippen LogP contribution in [0.1, 0.15) is 26.2 Å². The van der Waals surface area contributed by atoms with E-state index in [-0.39, 0.29) is 6.04 Å². The lowest BCUT2D eigenvalue weighted by Crippen LogP contribution is -2.51. The Hall–Kier alpha value is -1.63. The number of carboxylic acids is 2. The minimum Gasteiger partial charge on any atom is -0.480 e. The summed E-state index contributed by atoms with van der Waals surface area (Å²) in [6, 6.07) is -0.352. The van der Waals surface area contributed by atoms with Crippen LogP contribution in [0.25, 0.3) is 0 Å². The summed E-state index contributed by atoms with van der Waals surface area (Å²) >= 11 is 0. The Bertz CT molecular complexity index is 354. The van der Waals surface area contributed by atoms with E-state index in [1.54, 1.807) is 6.92 Å². The predicted molar refractivity (Wildman–Crippen MR) is 61.8 cm³/mol. The monoisotopic (exact) mass is 258 g/mol. The Kier molecular flexibility index (Phi) is 4.28. The molecule has 18 heavy (non-hydrogen) atoms. The van der Waals surface area contributed by atoms with Crippen LogP contribution in [-0.4, -0.2) is 52.1 Å². The smallest absolute Gasteiger partial charge is 0.323 e. The van der Waals surface area contributed by atoms with Gasteiger partial charge in [-0.2, -0.15) is 0 Å². The van der Waals surface area contributed by atoms with Crippen LogP contribution < -0.4 is 5.73 Å². The second kappa shape index (κ2) is 5.34. The van der Waals surface area contributed by atoms with Crippen molar-refractivity contribution in [3.8, 4) is 0 Å². The lowest BCUT2D eigenvalue weighted by molar-refractivity contribution is -0.154. The number of carboxylic acid groups (broad SMARTS) is 2. The Labute approximate surface area is 105 Å². The number of hydrogen-bond acceptors (Lipinski definition) is 4. The van der Waals surface area contributed by atoms with Gasteiger partial charge < -0.3 is 20.8 Å². The molecule has 2 unspecified atom stereocenters. The van der Waals surface area contributed by atoms with Gasteiger partial charge in [0.2, 0.25) is 5.91 Å². The van der Waals surface area contributed by atoms with Crippen molar-refractivity contribution in [2.45, 2.75) is 32.2 Å². The van der Waals surface area contributed by atoms with Crippen molar-refractivity contribution < 1.29 is 24.6 Å². The number of aliphatic carboxylic acids is 2. The minimum atomic E-state index is -1.24. The highest BCUT2D eigenvalue weighted by molar-refractivity contribution is 5.89. The van der Waals surface area contributed by atoms with Crippen molar-refractivity contribution in [2.75, 3.05) is 13.1 Å². The van der Waals surface area contributed by atoms with E-state index in [2.05, 4.69) is 0 Å². The molecule has 0 spiro atoms. The van der Waals surface area contributed by atoms with Crippen molar-refractivity contribution in [3.63, 3.8) is 0 Å². The summed E-state index contributed by atoms with van der Waals surface area (Å²) in [5.74, 6) is -2.96. The standard InChI is InChI=1S/C11H18N2O5/c1-11(4-2-3-7(11)12)10(18)13(5-8(14)15)6-9(16)17/h7H,2-6,12H2,1H3,(H,14,15)(H,16,17). The van der Waals surface area contributed by atoms with Gasteiger partial charge >= 0.3 is 11.9 Å². The molecule has 0 saturated heterocycles. The van der Waals surface area contributed by atoms with Crippen molar-refractivity contribution >= 4 is 17.8 Å². The molecule has 1 aliphatic rings. The SMILES string of the molecule is CC1(C(=O)N(CC(=O)O)CC(=O)O)CCCC1N. The quantitative estimate of drug-likeness (QED) is 0.611. The van der Waals surface area contributed by atoms with Gasteiger partial charge in [0, 0.05) is 6.04 Å². The van der Waals surface area contributed by atoms with Gasteiger partial charge in [0.1, 0.15) is 13.1 Å². The van der Waals surface area contributed by atoms with E-state index in [1.165, 1.54) is 0 Å². The molecule has 1 saturated carbocycles. The molecule has 0 heterocycles. The van der Waals surface area contributed by atoms with Crippen molar-refractivity contribution in [1.82, 2.24) is 4.90 Å². The van der Waals surface area contributed by atoms with Gasteiger partial charge in [0.25, 0.3) is 0 Å². The highest BCUT2D eigenvalue weighted by Gasteiger charge is 2.45. The maximum Gasteiger partial charge on any atom is 0.323 e. The molecule has 4 N–H and O–H groups in total. The third-order valence-electron chi connectivity index (χ3n) is 3.46. The van der Waals surface area contributed by atoms with Crippen molar-refractivity contribution in [2.24, 2.45) is 11.1 Å². The van der Waals surface area contributed by atoms with Crippen molar-refractivity contribution in [3.05, 3.63) is 0 Å². The summed E-state index contributed by atoms with van der Waals surface area (Å²) in [6.45, 7) is 0.435. The Morgan fingerprint density at radius 1 is 1.28 bits per heavy atom. The van der Waals surface area contributed by atoms with Crippen molar-refractivity contribution in [1.29, 1.82) is 0 Å². The molecule has 7 heteroatoms. The third kappa shape index (κ3) is 2.98. The van der Waals surface area contributed by atoms with Gasteiger partial charge in [0.05, 0.1) is 5.41 Å². The first-order valence-corrected chi connectivity index (χ1v) is 5.76. The van der Waals surface area contributed by atoms with Crippen LogP contribution in [0.2, 0.25) is 0 Å². The van der Waals surface area contributed by atoms with Crippen LogP contribution in [0.3, 0.4) is 0 Å². The molecule has 1 fully saturated rings. The molecule has 0 bridgehead atoms. The number of nitrogens with two attached hydrogens (primary N) is 1. The van der Waals surface area contributed by atoms with Gasteiger partial charge in [-0.25, -0.2) is 0 Å². The molecule has 1 amide bonds. The molecule has 0 aromatic carbocycles. The molecule has 0 radical (unpaired) electrons. The molecule has 7 nitrogen and oxygen atoms in total. The van der Waals surface area contributed by atoms with Crippen LogP contribution >= 0.6 is 0 Å². The largest absolute Gasteiger partial charge is 0.480 e. The van der Waals surface area contributed by atoms with E-state index in [0.717, 1.165) is 11.3 Å². The zero-order chi connectivity index (χ0) is 13.9. The number of rotatable bonds is 5. The summed E-state index contributed by atoms with van der Waals surface area (Å²) in [4.78, 5) is 34.5. The predicted octanol–water partition coefficient (Wildman–Crippen LogP) is -0.498. The van der Waals surface area contributed by atoms with E-state index in [4.69, 9.17) is 15.9 Å². The van der Waals surface area contributed by atoms with Gasteiger partial charge in [-0.1, -0.05) is 6.42 Å². The topological polar surface area (TPSA) is 121 Å². The maximum atomic E-state index is 12.3.